The van der Waals surface area contributed by atoms with Gasteiger partial charge in [0, 0.05) is 13.0 Å². The number of carboxylic acid groups (broad SMARTS) is 1. The highest BCUT2D eigenvalue weighted by Crippen LogP contribution is 2.30. The van der Waals surface area contributed by atoms with Gasteiger partial charge in [0.2, 0.25) is 0 Å². The third-order valence-corrected chi connectivity index (χ3v) is 5.52. The summed E-state index contributed by atoms with van der Waals surface area (Å²) in [6.45, 7) is 2.71. The number of fused-ring (bicyclic) bond motifs is 1. The van der Waals surface area contributed by atoms with Gasteiger partial charge in [0.05, 0.1) is 11.4 Å². The highest BCUT2D eigenvalue weighted by molar-refractivity contribution is 8.00. The summed E-state index contributed by atoms with van der Waals surface area (Å²) in [5.74, 6) is 1.79. The predicted octanol–water partition coefficient (Wildman–Crippen LogP) is 2.37. The number of thiazole rings is 1. The van der Waals surface area contributed by atoms with Gasteiger partial charge >= 0.3 is 5.97 Å². The van der Waals surface area contributed by atoms with Crippen molar-refractivity contribution in [3.8, 4) is 0 Å². The number of nitrogens with zero attached hydrogens (tertiary/aromatic N) is 4. The Bertz CT molecular complexity index is 650. The summed E-state index contributed by atoms with van der Waals surface area (Å²) in [5.41, 5.74) is 0.577. The number of carbonyl (C=O) groups is 1. The van der Waals surface area contributed by atoms with Gasteiger partial charge in [-0.15, -0.1) is 21.5 Å². The minimum absolute atomic E-state index is 0.316. The van der Waals surface area contributed by atoms with Crippen molar-refractivity contribution in [2.75, 3.05) is 0 Å². The fourth-order valence-corrected chi connectivity index (χ4v) is 4.20. The molecule has 1 aliphatic heterocycles. The number of thioether (sulfide) groups is 1. The average molecular weight is 310 g/mol. The molecule has 20 heavy (non-hydrogen) atoms. The summed E-state index contributed by atoms with van der Waals surface area (Å²) in [6.07, 6.45) is 3.35. The molecule has 0 aromatic carbocycles. The lowest BCUT2D eigenvalue weighted by molar-refractivity contribution is 0.0701. The molecular weight excluding hydrogens is 296 g/mol. The van der Waals surface area contributed by atoms with Crippen LogP contribution >= 0.6 is 23.1 Å². The summed E-state index contributed by atoms with van der Waals surface area (Å²) in [6, 6.07) is 0. The van der Waals surface area contributed by atoms with Crippen LogP contribution in [0.4, 0.5) is 0 Å². The molecule has 0 saturated carbocycles. The SMILES string of the molecule is Cc1nc(SCc2nnc3n2CCCC3)sc1C(=O)O. The van der Waals surface area contributed by atoms with Crippen molar-refractivity contribution in [1.82, 2.24) is 19.7 Å². The molecule has 0 atom stereocenters. The first kappa shape index (κ1) is 13.6. The number of hydrogen-bond acceptors (Lipinski definition) is 6. The smallest absolute Gasteiger partial charge is 0.347 e. The van der Waals surface area contributed by atoms with E-state index in [1.165, 1.54) is 35.9 Å². The minimum atomic E-state index is -0.910. The van der Waals surface area contributed by atoms with Gasteiger partial charge < -0.3 is 9.67 Å². The third kappa shape index (κ3) is 2.57. The highest BCUT2D eigenvalue weighted by Gasteiger charge is 2.18. The minimum Gasteiger partial charge on any atom is -0.477 e. The van der Waals surface area contributed by atoms with Gasteiger partial charge in [-0.3, -0.25) is 0 Å². The lowest BCUT2D eigenvalue weighted by Gasteiger charge is -2.14. The maximum atomic E-state index is 11.0. The molecule has 1 N–H and O–H groups in total. The summed E-state index contributed by atoms with van der Waals surface area (Å²) in [5, 5.41) is 17.5. The molecule has 0 unspecified atom stereocenters. The van der Waals surface area contributed by atoms with Crippen molar-refractivity contribution in [2.45, 2.75) is 42.8 Å². The topological polar surface area (TPSA) is 80.9 Å². The number of aryl methyl sites for hydroxylation is 2. The van der Waals surface area contributed by atoms with Gasteiger partial charge in [0.25, 0.3) is 0 Å². The Morgan fingerprint density at radius 1 is 1.45 bits per heavy atom. The summed E-state index contributed by atoms with van der Waals surface area (Å²) >= 11 is 2.75. The Labute approximate surface area is 124 Å². The molecule has 8 heteroatoms. The van der Waals surface area contributed by atoms with Crippen molar-refractivity contribution in [3.63, 3.8) is 0 Å². The maximum absolute atomic E-state index is 11.0. The van der Waals surface area contributed by atoms with Crippen molar-refractivity contribution in [3.05, 3.63) is 22.2 Å². The van der Waals surface area contributed by atoms with Crippen LogP contribution in [0.3, 0.4) is 0 Å². The summed E-state index contributed by atoms with van der Waals surface area (Å²) in [7, 11) is 0. The molecule has 0 amide bonds. The molecule has 6 nitrogen and oxygen atoms in total. The first-order chi connectivity index (χ1) is 9.65. The van der Waals surface area contributed by atoms with E-state index in [0.29, 0.717) is 16.3 Å². The van der Waals surface area contributed by atoms with Gasteiger partial charge in [-0.25, -0.2) is 9.78 Å². The zero-order valence-electron chi connectivity index (χ0n) is 11.0. The first-order valence-electron chi connectivity index (χ1n) is 6.39. The molecule has 0 fully saturated rings. The highest BCUT2D eigenvalue weighted by atomic mass is 32.2. The standard InChI is InChI=1S/C12H14N4O2S2/c1-7-10(11(17)18)20-12(13-7)19-6-9-15-14-8-4-2-3-5-16(8)9/h2-6H2,1H3,(H,17,18). The maximum Gasteiger partial charge on any atom is 0.347 e. The third-order valence-electron chi connectivity index (χ3n) is 3.23. The Morgan fingerprint density at radius 2 is 2.30 bits per heavy atom. The Kier molecular flexibility index (Phi) is 3.75. The van der Waals surface area contributed by atoms with Crippen molar-refractivity contribution in [1.29, 1.82) is 0 Å². The van der Waals surface area contributed by atoms with Crippen LogP contribution in [-0.4, -0.2) is 30.8 Å². The molecule has 0 bridgehead atoms. The fraction of sp³-hybridized carbons (Fsp3) is 0.500. The Hall–Kier alpha value is -1.41. The van der Waals surface area contributed by atoms with E-state index in [-0.39, 0.29) is 0 Å². The second kappa shape index (κ2) is 5.53. The molecule has 106 valence electrons. The van der Waals surface area contributed by atoms with Crippen LogP contribution in [-0.2, 0) is 18.7 Å². The molecule has 1 aliphatic rings. The second-order valence-electron chi connectivity index (χ2n) is 4.63. The lowest BCUT2D eigenvalue weighted by atomic mass is 10.2. The van der Waals surface area contributed by atoms with E-state index in [1.54, 1.807) is 6.92 Å². The number of carboxylic acids is 1. The van der Waals surface area contributed by atoms with Crippen molar-refractivity contribution >= 4 is 29.1 Å². The van der Waals surface area contributed by atoms with E-state index in [2.05, 4.69) is 19.7 Å². The monoisotopic (exact) mass is 310 g/mol. The molecule has 0 spiro atoms. The average Bonchev–Trinajstić information content (AvgIpc) is 3.00. The fourth-order valence-electron chi connectivity index (χ4n) is 2.23. The molecule has 3 heterocycles. The molecule has 0 radical (unpaired) electrons. The quantitative estimate of drug-likeness (QED) is 0.873. The molecule has 2 aromatic heterocycles. The molecule has 2 aromatic rings. The van der Waals surface area contributed by atoms with Gasteiger partial charge in [0.1, 0.15) is 16.5 Å². The molecule has 0 aliphatic carbocycles. The Morgan fingerprint density at radius 3 is 3.05 bits per heavy atom. The van der Waals surface area contributed by atoms with E-state index < -0.39 is 5.97 Å². The van der Waals surface area contributed by atoms with E-state index in [1.807, 2.05) is 0 Å². The van der Waals surface area contributed by atoms with Crippen LogP contribution < -0.4 is 0 Å². The van der Waals surface area contributed by atoms with Crippen LogP contribution in [0, 0.1) is 6.92 Å². The molecule has 3 rings (SSSR count). The number of aromatic nitrogens is 4. The van der Waals surface area contributed by atoms with Gasteiger partial charge in [-0.05, 0) is 19.8 Å². The van der Waals surface area contributed by atoms with Crippen LogP contribution in [0.25, 0.3) is 0 Å². The number of aromatic carboxylic acids is 1. The van der Waals surface area contributed by atoms with Crippen LogP contribution in [0.5, 0.6) is 0 Å². The van der Waals surface area contributed by atoms with Crippen LogP contribution in [0.2, 0.25) is 0 Å². The van der Waals surface area contributed by atoms with Gasteiger partial charge in [-0.1, -0.05) is 11.8 Å². The number of hydrogen-bond donors (Lipinski definition) is 1. The van der Waals surface area contributed by atoms with Crippen LogP contribution in [0.15, 0.2) is 4.34 Å². The van der Waals surface area contributed by atoms with Gasteiger partial charge in [0.15, 0.2) is 4.34 Å². The normalized spacial score (nSPS) is 14.2. The predicted molar refractivity (Wildman–Crippen MR) is 76.3 cm³/mol. The van der Waals surface area contributed by atoms with E-state index >= 15 is 0 Å². The van der Waals surface area contributed by atoms with E-state index in [9.17, 15) is 4.79 Å². The second-order valence-corrected chi connectivity index (χ2v) is 6.85. The largest absolute Gasteiger partial charge is 0.477 e. The zero-order chi connectivity index (χ0) is 14.1. The number of rotatable bonds is 4. The first-order valence-corrected chi connectivity index (χ1v) is 8.20. The zero-order valence-corrected chi connectivity index (χ0v) is 12.6. The van der Waals surface area contributed by atoms with Gasteiger partial charge in [-0.2, -0.15) is 0 Å². The lowest BCUT2D eigenvalue weighted by Crippen LogP contribution is -2.12. The van der Waals surface area contributed by atoms with E-state index in [0.717, 1.165) is 29.0 Å². The van der Waals surface area contributed by atoms with Crippen LogP contribution in [0.1, 0.15) is 39.9 Å². The summed E-state index contributed by atoms with van der Waals surface area (Å²) < 4.78 is 2.95. The Balaban J connectivity index is 1.72. The van der Waals surface area contributed by atoms with E-state index in [4.69, 9.17) is 5.11 Å². The van der Waals surface area contributed by atoms with Crippen molar-refractivity contribution < 1.29 is 9.90 Å². The molecular formula is C12H14N4O2S2. The summed E-state index contributed by atoms with van der Waals surface area (Å²) in [4.78, 5) is 15.6. The van der Waals surface area contributed by atoms with Crippen molar-refractivity contribution in [2.24, 2.45) is 0 Å². The molecule has 0 saturated heterocycles.